The van der Waals surface area contributed by atoms with Crippen LogP contribution in [-0.4, -0.2) is 47.1 Å². The van der Waals surface area contributed by atoms with E-state index in [2.05, 4.69) is 5.32 Å². The molecular weight excluding hydrogens is 276 g/mol. The van der Waals surface area contributed by atoms with Crippen LogP contribution >= 0.6 is 0 Å². The molecule has 1 aromatic carbocycles. The molecular formula is C14H24N2O3S. The third kappa shape index (κ3) is 4.77. The molecule has 0 aliphatic heterocycles. The van der Waals surface area contributed by atoms with Crippen LogP contribution in [0.5, 0.6) is 0 Å². The van der Waals surface area contributed by atoms with Crippen molar-refractivity contribution in [3.8, 4) is 0 Å². The summed E-state index contributed by atoms with van der Waals surface area (Å²) in [5.41, 5.74) is 0.660. The van der Waals surface area contributed by atoms with Crippen LogP contribution in [-0.2, 0) is 14.8 Å². The number of sulfonamides is 1. The lowest BCUT2D eigenvalue weighted by Crippen LogP contribution is -2.23. The van der Waals surface area contributed by atoms with E-state index in [4.69, 9.17) is 4.74 Å². The zero-order chi connectivity index (χ0) is 15.0. The first kappa shape index (κ1) is 16.9. The normalized spacial score (nSPS) is 11.8. The molecule has 0 atom stereocenters. The Balaban J connectivity index is 2.63. The van der Waals surface area contributed by atoms with Crippen LogP contribution < -0.4 is 5.32 Å². The number of ether oxygens (including phenoxy) is 1. The second kappa shape index (κ2) is 8.24. The van der Waals surface area contributed by atoms with Gasteiger partial charge in [0.15, 0.2) is 0 Å². The SMILES string of the molecule is COCCCCCNc1ccccc1S(=O)(=O)N(C)C. The standard InChI is InChI=1S/C14H24N2O3S/c1-16(2)20(17,18)14-10-6-5-9-13(14)15-11-7-4-8-12-19-3/h5-6,9-10,15H,4,7-8,11-12H2,1-3H3. The van der Waals surface area contributed by atoms with E-state index in [0.29, 0.717) is 10.6 Å². The van der Waals surface area contributed by atoms with Crippen molar-refractivity contribution in [1.29, 1.82) is 0 Å². The number of nitrogens with one attached hydrogen (secondary N) is 1. The summed E-state index contributed by atoms with van der Waals surface area (Å²) in [6.07, 6.45) is 3.07. The number of anilines is 1. The molecule has 5 nitrogen and oxygen atoms in total. The number of para-hydroxylation sites is 1. The number of methoxy groups -OCH3 is 1. The number of hydrogen-bond acceptors (Lipinski definition) is 4. The van der Waals surface area contributed by atoms with E-state index in [0.717, 1.165) is 32.4 Å². The molecule has 0 saturated heterocycles. The molecule has 6 heteroatoms. The molecule has 1 aromatic rings. The van der Waals surface area contributed by atoms with Gasteiger partial charge in [0.2, 0.25) is 10.0 Å². The highest BCUT2D eigenvalue weighted by Gasteiger charge is 2.20. The van der Waals surface area contributed by atoms with Gasteiger partial charge in [0, 0.05) is 34.4 Å². The molecule has 0 heterocycles. The van der Waals surface area contributed by atoms with Crippen molar-refractivity contribution in [2.24, 2.45) is 0 Å². The molecule has 0 aliphatic carbocycles. The summed E-state index contributed by atoms with van der Waals surface area (Å²) in [6, 6.07) is 7.00. The van der Waals surface area contributed by atoms with Crippen molar-refractivity contribution in [3.05, 3.63) is 24.3 Å². The average molecular weight is 300 g/mol. The maximum absolute atomic E-state index is 12.2. The first-order chi connectivity index (χ1) is 9.50. The van der Waals surface area contributed by atoms with Gasteiger partial charge in [-0.3, -0.25) is 0 Å². The Morgan fingerprint density at radius 1 is 1.15 bits per heavy atom. The van der Waals surface area contributed by atoms with Crippen LogP contribution in [0.3, 0.4) is 0 Å². The van der Waals surface area contributed by atoms with E-state index in [-0.39, 0.29) is 0 Å². The molecule has 0 radical (unpaired) electrons. The maximum Gasteiger partial charge on any atom is 0.244 e. The Kier molecular flexibility index (Phi) is 6.98. The fraction of sp³-hybridized carbons (Fsp3) is 0.571. The minimum atomic E-state index is -3.41. The first-order valence-electron chi connectivity index (χ1n) is 6.74. The molecule has 114 valence electrons. The van der Waals surface area contributed by atoms with Gasteiger partial charge in [-0.25, -0.2) is 12.7 Å². The summed E-state index contributed by atoms with van der Waals surface area (Å²) in [7, 11) is 1.36. The minimum Gasteiger partial charge on any atom is -0.385 e. The van der Waals surface area contributed by atoms with Gasteiger partial charge in [-0.15, -0.1) is 0 Å². The van der Waals surface area contributed by atoms with Gasteiger partial charge in [0.25, 0.3) is 0 Å². The van der Waals surface area contributed by atoms with Crippen LogP contribution in [0.25, 0.3) is 0 Å². The number of unbranched alkanes of at least 4 members (excludes halogenated alkanes) is 2. The molecule has 0 spiro atoms. The molecule has 0 aliphatic rings. The molecule has 0 saturated carbocycles. The minimum absolute atomic E-state index is 0.321. The van der Waals surface area contributed by atoms with Crippen LogP contribution in [0.15, 0.2) is 29.2 Å². The van der Waals surface area contributed by atoms with Crippen LogP contribution in [0, 0.1) is 0 Å². The first-order valence-corrected chi connectivity index (χ1v) is 8.18. The molecule has 0 aromatic heterocycles. The highest BCUT2D eigenvalue weighted by Crippen LogP contribution is 2.23. The van der Waals surface area contributed by atoms with Gasteiger partial charge in [-0.1, -0.05) is 12.1 Å². The Labute approximate surface area is 122 Å². The van der Waals surface area contributed by atoms with Crippen LogP contribution in [0.1, 0.15) is 19.3 Å². The summed E-state index contributed by atoms with van der Waals surface area (Å²) < 4.78 is 30.6. The zero-order valence-corrected chi connectivity index (χ0v) is 13.2. The number of nitrogens with zero attached hydrogens (tertiary/aromatic N) is 1. The predicted octanol–water partition coefficient (Wildman–Crippen LogP) is 2.17. The summed E-state index contributed by atoms with van der Waals surface area (Å²) in [4.78, 5) is 0.321. The van der Waals surface area contributed by atoms with Gasteiger partial charge in [0.05, 0.1) is 5.69 Å². The Morgan fingerprint density at radius 2 is 1.85 bits per heavy atom. The Hall–Kier alpha value is -1.11. The quantitative estimate of drug-likeness (QED) is 0.710. The van der Waals surface area contributed by atoms with Crippen molar-refractivity contribution < 1.29 is 13.2 Å². The van der Waals surface area contributed by atoms with Crippen molar-refractivity contribution in [1.82, 2.24) is 4.31 Å². The van der Waals surface area contributed by atoms with E-state index in [1.165, 1.54) is 18.4 Å². The molecule has 20 heavy (non-hydrogen) atoms. The maximum atomic E-state index is 12.2. The average Bonchev–Trinajstić information content (AvgIpc) is 2.43. The third-order valence-electron chi connectivity index (χ3n) is 2.99. The second-order valence-electron chi connectivity index (χ2n) is 4.76. The Bertz CT molecular complexity index is 501. The van der Waals surface area contributed by atoms with E-state index < -0.39 is 10.0 Å². The topological polar surface area (TPSA) is 58.6 Å². The molecule has 0 amide bonds. The van der Waals surface area contributed by atoms with E-state index in [9.17, 15) is 8.42 Å². The van der Waals surface area contributed by atoms with Gasteiger partial charge in [0.1, 0.15) is 4.90 Å². The zero-order valence-electron chi connectivity index (χ0n) is 12.4. The summed E-state index contributed by atoms with van der Waals surface area (Å²) in [5, 5.41) is 3.20. The molecule has 0 unspecified atom stereocenters. The summed E-state index contributed by atoms with van der Waals surface area (Å²) >= 11 is 0. The lowest BCUT2D eigenvalue weighted by molar-refractivity contribution is 0.192. The van der Waals surface area contributed by atoms with Crippen molar-refractivity contribution >= 4 is 15.7 Å². The number of benzene rings is 1. The van der Waals surface area contributed by atoms with Gasteiger partial charge < -0.3 is 10.1 Å². The predicted molar refractivity (Wildman–Crippen MR) is 81.5 cm³/mol. The van der Waals surface area contributed by atoms with E-state index >= 15 is 0 Å². The highest BCUT2D eigenvalue weighted by molar-refractivity contribution is 7.89. The molecule has 0 bridgehead atoms. The lowest BCUT2D eigenvalue weighted by Gasteiger charge is -2.16. The van der Waals surface area contributed by atoms with Gasteiger partial charge >= 0.3 is 0 Å². The van der Waals surface area contributed by atoms with E-state index in [1.54, 1.807) is 25.3 Å². The van der Waals surface area contributed by atoms with Gasteiger partial charge in [-0.2, -0.15) is 0 Å². The van der Waals surface area contributed by atoms with Crippen LogP contribution in [0.4, 0.5) is 5.69 Å². The highest BCUT2D eigenvalue weighted by atomic mass is 32.2. The monoisotopic (exact) mass is 300 g/mol. The fourth-order valence-corrected chi connectivity index (χ4v) is 2.87. The lowest BCUT2D eigenvalue weighted by atomic mass is 10.2. The second-order valence-corrected chi connectivity index (χ2v) is 6.88. The van der Waals surface area contributed by atoms with Crippen molar-refractivity contribution in [2.45, 2.75) is 24.2 Å². The third-order valence-corrected chi connectivity index (χ3v) is 4.86. The van der Waals surface area contributed by atoms with E-state index in [1.807, 2.05) is 6.07 Å². The van der Waals surface area contributed by atoms with Crippen molar-refractivity contribution in [3.63, 3.8) is 0 Å². The Morgan fingerprint density at radius 3 is 2.50 bits per heavy atom. The number of rotatable bonds is 9. The fourth-order valence-electron chi connectivity index (χ4n) is 1.81. The summed E-state index contributed by atoms with van der Waals surface area (Å²) in [5.74, 6) is 0. The molecule has 1 rings (SSSR count). The number of hydrogen-bond donors (Lipinski definition) is 1. The molecule has 0 fully saturated rings. The smallest absolute Gasteiger partial charge is 0.244 e. The van der Waals surface area contributed by atoms with Gasteiger partial charge in [-0.05, 0) is 31.4 Å². The summed E-state index contributed by atoms with van der Waals surface area (Å²) in [6.45, 7) is 1.52. The van der Waals surface area contributed by atoms with Crippen molar-refractivity contribution in [2.75, 3.05) is 39.7 Å². The molecule has 1 N–H and O–H groups in total. The van der Waals surface area contributed by atoms with Crippen LogP contribution in [0.2, 0.25) is 0 Å². The largest absolute Gasteiger partial charge is 0.385 e.